The molecule has 0 radical (unpaired) electrons. The molecule has 0 saturated heterocycles. The summed E-state index contributed by atoms with van der Waals surface area (Å²) in [6.45, 7) is 2.23. The van der Waals surface area contributed by atoms with Gasteiger partial charge < -0.3 is 9.84 Å². The number of rotatable bonds is 4. The molecule has 1 fully saturated rings. The molecule has 0 bridgehead atoms. The van der Waals surface area contributed by atoms with Crippen LogP contribution in [0.2, 0.25) is 5.02 Å². The molecule has 0 aromatic heterocycles. The van der Waals surface area contributed by atoms with Crippen molar-refractivity contribution in [2.45, 2.75) is 19.3 Å². The molecule has 5 heteroatoms. The van der Waals surface area contributed by atoms with E-state index in [1.54, 1.807) is 6.92 Å². The van der Waals surface area contributed by atoms with Crippen molar-refractivity contribution in [2.75, 3.05) is 6.61 Å². The van der Waals surface area contributed by atoms with Crippen molar-refractivity contribution < 1.29 is 19.0 Å². The lowest BCUT2D eigenvalue weighted by atomic mass is 10.1. The highest BCUT2D eigenvalue weighted by atomic mass is 35.5. The topological polar surface area (TPSA) is 46.5 Å². The molecule has 1 saturated carbocycles. The highest BCUT2D eigenvalue weighted by molar-refractivity contribution is 6.33. The number of carboxylic acids is 1. The highest BCUT2D eigenvalue weighted by Gasteiger charge is 2.46. The van der Waals surface area contributed by atoms with E-state index in [-0.39, 0.29) is 16.5 Å². The smallest absolute Gasteiger partial charge is 0.307 e. The van der Waals surface area contributed by atoms with Gasteiger partial charge in [0, 0.05) is 11.5 Å². The Balaban J connectivity index is 2.33. The predicted octanol–water partition coefficient (Wildman–Crippen LogP) is 3.07. The summed E-state index contributed by atoms with van der Waals surface area (Å²) in [5.41, 5.74) is 0.269. The quantitative estimate of drug-likeness (QED) is 0.903. The van der Waals surface area contributed by atoms with Gasteiger partial charge in [-0.2, -0.15) is 0 Å². The van der Waals surface area contributed by atoms with Gasteiger partial charge in [0.05, 0.1) is 17.5 Å². The second-order valence-electron chi connectivity index (χ2n) is 3.99. The van der Waals surface area contributed by atoms with Gasteiger partial charge in [-0.1, -0.05) is 11.6 Å². The molecule has 17 heavy (non-hydrogen) atoms. The average Bonchev–Trinajstić information content (AvgIpc) is 3.03. The fourth-order valence-corrected chi connectivity index (χ4v) is 2.29. The SMILES string of the molecule is CCOc1ccc(F)c([C@H]2C[C@H]2C(=O)O)c1Cl. The minimum atomic E-state index is -0.910. The van der Waals surface area contributed by atoms with Gasteiger partial charge in [-0.15, -0.1) is 0 Å². The summed E-state index contributed by atoms with van der Waals surface area (Å²) in [5, 5.41) is 9.04. The van der Waals surface area contributed by atoms with Crippen molar-refractivity contribution in [3.05, 3.63) is 28.5 Å². The Kier molecular flexibility index (Phi) is 3.24. The van der Waals surface area contributed by atoms with E-state index in [1.165, 1.54) is 12.1 Å². The van der Waals surface area contributed by atoms with E-state index in [1.807, 2.05) is 0 Å². The van der Waals surface area contributed by atoms with Crippen molar-refractivity contribution >= 4 is 17.6 Å². The maximum Gasteiger partial charge on any atom is 0.307 e. The molecule has 2 rings (SSSR count). The van der Waals surface area contributed by atoms with Gasteiger partial charge >= 0.3 is 5.97 Å². The van der Waals surface area contributed by atoms with Crippen LogP contribution in [-0.2, 0) is 4.79 Å². The van der Waals surface area contributed by atoms with Crippen LogP contribution in [0.15, 0.2) is 12.1 Å². The zero-order chi connectivity index (χ0) is 12.6. The molecule has 0 heterocycles. The number of ether oxygens (including phenoxy) is 1. The number of carbonyl (C=O) groups is 1. The van der Waals surface area contributed by atoms with Gasteiger partial charge in [0.1, 0.15) is 11.6 Å². The molecule has 3 nitrogen and oxygen atoms in total. The van der Waals surface area contributed by atoms with Crippen LogP contribution in [0.5, 0.6) is 5.75 Å². The molecule has 0 amide bonds. The van der Waals surface area contributed by atoms with Crippen LogP contribution in [0, 0.1) is 11.7 Å². The van der Waals surface area contributed by atoms with Crippen molar-refractivity contribution in [1.82, 2.24) is 0 Å². The molecule has 1 aliphatic rings. The van der Waals surface area contributed by atoms with Crippen LogP contribution in [0.1, 0.15) is 24.8 Å². The fraction of sp³-hybridized carbons (Fsp3) is 0.417. The number of carboxylic acid groups (broad SMARTS) is 1. The predicted molar refractivity (Wildman–Crippen MR) is 61.1 cm³/mol. The molecular formula is C12H12ClFO3. The van der Waals surface area contributed by atoms with Gasteiger partial charge in [0.25, 0.3) is 0 Å². The normalized spacial score (nSPS) is 22.3. The Labute approximate surface area is 103 Å². The summed E-state index contributed by atoms with van der Waals surface area (Å²) in [5.74, 6) is -1.83. The van der Waals surface area contributed by atoms with Gasteiger partial charge in [-0.05, 0) is 25.5 Å². The molecule has 0 spiro atoms. The summed E-state index contributed by atoms with van der Waals surface area (Å²) >= 11 is 6.04. The largest absolute Gasteiger partial charge is 0.492 e. The lowest BCUT2D eigenvalue weighted by molar-refractivity contribution is -0.138. The Morgan fingerprint density at radius 3 is 2.88 bits per heavy atom. The van der Waals surface area contributed by atoms with E-state index in [0.29, 0.717) is 18.8 Å². The Bertz CT molecular complexity index is 461. The molecule has 1 aliphatic carbocycles. The molecule has 92 valence electrons. The standard InChI is InChI=1S/C12H12ClFO3/c1-2-17-9-4-3-8(14)10(11(9)13)6-5-7(6)12(15)16/h3-4,6-7H,2,5H2,1H3,(H,15,16)/t6-,7+/m0/s1. The Morgan fingerprint density at radius 1 is 1.65 bits per heavy atom. The van der Waals surface area contributed by atoms with Crippen LogP contribution < -0.4 is 4.74 Å². The van der Waals surface area contributed by atoms with Crippen molar-refractivity contribution in [2.24, 2.45) is 5.92 Å². The van der Waals surface area contributed by atoms with Gasteiger partial charge in [0.15, 0.2) is 0 Å². The lowest BCUT2D eigenvalue weighted by Gasteiger charge is -2.10. The average molecular weight is 259 g/mol. The van der Waals surface area contributed by atoms with E-state index < -0.39 is 17.7 Å². The van der Waals surface area contributed by atoms with Crippen LogP contribution in [0.25, 0.3) is 0 Å². The zero-order valence-electron chi connectivity index (χ0n) is 9.24. The van der Waals surface area contributed by atoms with Crippen molar-refractivity contribution in [3.63, 3.8) is 0 Å². The number of halogens is 2. The fourth-order valence-electron chi connectivity index (χ4n) is 1.94. The first-order valence-corrected chi connectivity index (χ1v) is 5.77. The zero-order valence-corrected chi connectivity index (χ0v) is 10.00. The molecule has 1 N–H and O–H groups in total. The third-order valence-electron chi connectivity index (χ3n) is 2.87. The van der Waals surface area contributed by atoms with Gasteiger partial charge in [0.2, 0.25) is 0 Å². The lowest BCUT2D eigenvalue weighted by Crippen LogP contribution is -2.02. The number of benzene rings is 1. The number of aliphatic carboxylic acids is 1. The first kappa shape index (κ1) is 12.2. The monoisotopic (exact) mass is 258 g/mol. The van der Waals surface area contributed by atoms with Crippen LogP contribution in [0.3, 0.4) is 0 Å². The minimum Gasteiger partial charge on any atom is -0.492 e. The number of hydrogen-bond donors (Lipinski definition) is 1. The van der Waals surface area contributed by atoms with E-state index in [4.69, 9.17) is 21.4 Å². The van der Waals surface area contributed by atoms with Gasteiger partial charge in [-0.25, -0.2) is 4.39 Å². The van der Waals surface area contributed by atoms with E-state index in [9.17, 15) is 9.18 Å². The second kappa shape index (κ2) is 4.53. The molecule has 0 unspecified atom stereocenters. The number of hydrogen-bond acceptors (Lipinski definition) is 2. The van der Waals surface area contributed by atoms with E-state index >= 15 is 0 Å². The first-order chi connectivity index (χ1) is 8.06. The first-order valence-electron chi connectivity index (χ1n) is 5.39. The maximum atomic E-state index is 13.7. The molecule has 1 aromatic carbocycles. The van der Waals surface area contributed by atoms with E-state index in [0.717, 1.165) is 0 Å². The molecular weight excluding hydrogens is 247 g/mol. The van der Waals surface area contributed by atoms with Crippen molar-refractivity contribution in [3.8, 4) is 5.75 Å². The van der Waals surface area contributed by atoms with Crippen molar-refractivity contribution in [1.29, 1.82) is 0 Å². The summed E-state index contributed by atoms with van der Waals surface area (Å²) < 4.78 is 18.9. The summed E-state index contributed by atoms with van der Waals surface area (Å²) in [6, 6.07) is 2.73. The van der Waals surface area contributed by atoms with Crippen LogP contribution in [0.4, 0.5) is 4.39 Å². The highest BCUT2D eigenvalue weighted by Crippen LogP contribution is 2.52. The molecule has 0 aliphatic heterocycles. The maximum absolute atomic E-state index is 13.7. The second-order valence-corrected chi connectivity index (χ2v) is 4.37. The van der Waals surface area contributed by atoms with Crippen LogP contribution in [-0.4, -0.2) is 17.7 Å². The minimum absolute atomic E-state index is 0.195. The third-order valence-corrected chi connectivity index (χ3v) is 3.26. The molecule has 1 aromatic rings. The summed E-state index contributed by atoms with van der Waals surface area (Å²) in [4.78, 5) is 10.8. The Morgan fingerprint density at radius 2 is 2.35 bits per heavy atom. The summed E-state index contributed by atoms with van der Waals surface area (Å²) in [6.07, 6.45) is 0.432. The molecule has 2 atom stereocenters. The third kappa shape index (κ3) is 2.22. The van der Waals surface area contributed by atoms with E-state index in [2.05, 4.69) is 0 Å². The van der Waals surface area contributed by atoms with Crippen LogP contribution >= 0.6 is 11.6 Å². The van der Waals surface area contributed by atoms with Gasteiger partial charge in [-0.3, -0.25) is 4.79 Å². The summed E-state index contributed by atoms with van der Waals surface area (Å²) in [7, 11) is 0. The Hall–Kier alpha value is -1.29.